The van der Waals surface area contributed by atoms with Gasteiger partial charge in [-0.2, -0.15) is 11.8 Å². The first-order valence-electron chi connectivity index (χ1n) is 10.1. The summed E-state index contributed by atoms with van der Waals surface area (Å²) >= 11 is 2.04. The lowest BCUT2D eigenvalue weighted by molar-refractivity contribution is -0.0586. The first-order chi connectivity index (χ1) is 13.5. The van der Waals surface area contributed by atoms with Gasteiger partial charge in [-0.1, -0.05) is 12.1 Å². The number of hydrogen-bond donors (Lipinski definition) is 2. The second-order valence-corrected chi connectivity index (χ2v) is 9.01. The molecule has 2 aliphatic rings. The third-order valence-electron chi connectivity index (χ3n) is 5.11. The molecule has 1 amide bonds. The summed E-state index contributed by atoms with van der Waals surface area (Å²) in [5, 5.41) is 7.45. The average Bonchev–Trinajstić information content (AvgIpc) is 3.21. The summed E-state index contributed by atoms with van der Waals surface area (Å²) in [4.78, 5) is 18.9. The molecule has 0 bridgehead atoms. The van der Waals surface area contributed by atoms with Gasteiger partial charge >= 0.3 is 0 Å². The summed E-state index contributed by atoms with van der Waals surface area (Å²) in [6.45, 7) is 6.95. The molecular weight excluding hydrogens is 372 g/mol. The number of thioether (sulfide) groups is 1. The Labute approximate surface area is 172 Å². The quantitative estimate of drug-likeness (QED) is 0.583. The minimum Gasteiger partial charge on any atom is -0.372 e. The van der Waals surface area contributed by atoms with Crippen molar-refractivity contribution in [2.24, 2.45) is 4.99 Å². The van der Waals surface area contributed by atoms with Gasteiger partial charge in [0.05, 0.1) is 12.2 Å². The first-order valence-corrected chi connectivity index (χ1v) is 11.2. The SMILES string of the molecule is CN=C(NCc1ccc(C(=O)N2CC(C)OC(C)C2)cc1)NCC1CCCS1. The summed E-state index contributed by atoms with van der Waals surface area (Å²) in [6.07, 6.45) is 2.76. The van der Waals surface area contributed by atoms with Crippen molar-refractivity contribution in [2.75, 3.05) is 32.4 Å². The van der Waals surface area contributed by atoms with Gasteiger partial charge in [0.25, 0.3) is 5.91 Å². The molecule has 1 aromatic carbocycles. The molecule has 154 valence electrons. The predicted molar refractivity (Wildman–Crippen MR) is 116 cm³/mol. The van der Waals surface area contributed by atoms with Crippen molar-refractivity contribution in [1.82, 2.24) is 15.5 Å². The van der Waals surface area contributed by atoms with Gasteiger partial charge in [0.1, 0.15) is 0 Å². The molecule has 2 saturated heterocycles. The standard InChI is InChI=1S/C21H32N4O2S/c1-15-13-25(14-16(2)27-15)20(26)18-8-6-17(7-9-18)11-23-21(22-3)24-12-19-5-4-10-28-19/h6-9,15-16,19H,4-5,10-14H2,1-3H3,(H2,22,23,24). The fraction of sp³-hybridized carbons (Fsp3) is 0.619. The molecular formula is C21H32N4O2S. The summed E-state index contributed by atoms with van der Waals surface area (Å²) < 4.78 is 5.72. The topological polar surface area (TPSA) is 66.0 Å². The molecule has 2 aliphatic heterocycles. The van der Waals surface area contributed by atoms with E-state index in [0.29, 0.717) is 24.9 Å². The first kappa shape index (κ1) is 21.0. The van der Waals surface area contributed by atoms with Crippen LogP contribution in [0.4, 0.5) is 0 Å². The molecule has 2 heterocycles. The molecule has 6 nitrogen and oxygen atoms in total. The molecule has 2 fully saturated rings. The number of ether oxygens (including phenoxy) is 1. The van der Waals surface area contributed by atoms with Crippen molar-refractivity contribution in [3.8, 4) is 0 Å². The number of guanidine groups is 1. The van der Waals surface area contributed by atoms with E-state index >= 15 is 0 Å². The molecule has 28 heavy (non-hydrogen) atoms. The van der Waals surface area contributed by atoms with Crippen LogP contribution in [-0.4, -0.2) is 66.7 Å². The number of rotatable bonds is 5. The van der Waals surface area contributed by atoms with E-state index in [1.165, 1.54) is 18.6 Å². The normalized spacial score (nSPS) is 25.6. The number of carbonyl (C=O) groups excluding carboxylic acids is 1. The summed E-state index contributed by atoms with van der Waals surface area (Å²) in [5.41, 5.74) is 1.85. The van der Waals surface area contributed by atoms with Crippen LogP contribution in [0.3, 0.4) is 0 Å². The van der Waals surface area contributed by atoms with E-state index in [0.717, 1.165) is 23.6 Å². The van der Waals surface area contributed by atoms with Crippen LogP contribution in [0.15, 0.2) is 29.3 Å². The lowest BCUT2D eigenvalue weighted by Gasteiger charge is -2.35. The second-order valence-electron chi connectivity index (χ2n) is 7.61. The number of nitrogens with zero attached hydrogens (tertiary/aromatic N) is 2. The molecule has 7 heteroatoms. The van der Waals surface area contributed by atoms with Gasteiger partial charge in [-0.25, -0.2) is 0 Å². The van der Waals surface area contributed by atoms with Crippen molar-refractivity contribution in [2.45, 2.75) is 50.7 Å². The molecule has 0 saturated carbocycles. The Hall–Kier alpha value is -1.73. The van der Waals surface area contributed by atoms with Crippen LogP contribution in [0.2, 0.25) is 0 Å². The minimum atomic E-state index is 0.0769. The highest BCUT2D eigenvalue weighted by Gasteiger charge is 2.26. The van der Waals surface area contributed by atoms with Gasteiger partial charge in [-0.05, 0) is 50.1 Å². The molecule has 0 spiro atoms. The highest BCUT2D eigenvalue weighted by molar-refractivity contribution is 8.00. The Morgan fingerprint density at radius 2 is 1.93 bits per heavy atom. The third kappa shape index (κ3) is 5.88. The van der Waals surface area contributed by atoms with Gasteiger partial charge < -0.3 is 20.3 Å². The van der Waals surface area contributed by atoms with Crippen LogP contribution in [0.25, 0.3) is 0 Å². The van der Waals surface area contributed by atoms with Gasteiger partial charge in [0.15, 0.2) is 5.96 Å². The average molecular weight is 405 g/mol. The van der Waals surface area contributed by atoms with Crippen LogP contribution >= 0.6 is 11.8 Å². The van der Waals surface area contributed by atoms with Crippen LogP contribution in [-0.2, 0) is 11.3 Å². The molecule has 3 atom stereocenters. The van der Waals surface area contributed by atoms with Crippen molar-refractivity contribution in [3.63, 3.8) is 0 Å². The van der Waals surface area contributed by atoms with Gasteiger partial charge in [-0.15, -0.1) is 0 Å². The van der Waals surface area contributed by atoms with Gasteiger partial charge in [0.2, 0.25) is 0 Å². The number of aliphatic imine (C=N–C) groups is 1. The van der Waals surface area contributed by atoms with Crippen molar-refractivity contribution in [1.29, 1.82) is 0 Å². The van der Waals surface area contributed by atoms with Crippen molar-refractivity contribution >= 4 is 23.6 Å². The number of hydrogen-bond acceptors (Lipinski definition) is 4. The Bertz CT molecular complexity index is 663. The molecule has 3 unspecified atom stereocenters. The van der Waals surface area contributed by atoms with Crippen LogP contribution in [0.1, 0.15) is 42.6 Å². The zero-order chi connectivity index (χ0) is 19.9. The molecule has 0 aromatic heterocycles. The molecule has 0 radical (unpaired) electrons. The number of morpholine rings is 1. The van der Waals surface area contributed by atoms with Crippen LogP contribution in [0, 0.1) is 0 Å². The zero-order valence-corrected chi connectivity index (χ0v) is 17.9. The maximum Gasteiger partial charge on any atom is 0.254 e. The number of nitrogens with one attached hydrogen (secondary N) is 2. The Balaban J connectivity index is 1.48. The van der Waals surface area contributed by atoms with E-state index in [1.807, 2.05) is 54.8 Å². The lowest BCUT2D eigenvalue weighted by Crippen LogP contribution is -2.48. The van der Waals surface area contributed by atoms with E-state index in [2.05, 4.69) is 15.6 Å². The van der Waals surface area contributed by atoms with Gasteiger partial charge in [0, 0.05) is 44.0 Å². The molecule has 3 rings (SSSR count). The Kier molecular flexibility index (Phi) is 7.62. The van der Waals surface area contributed by atoms with Gasteiger partial charge in [-0.3, -0.25) is 9.79 Å². The molecule has 0 aliphatic carbocycles. The maximum atomic E-state index is 12.7. The fourth-order valence-electron chi connectivity index (χ4n) is 3.71. The van der Waals surface area contributed by atoms with Crippen LogP contribution in [0.5, 0.6) is 0 Å². The summed E-state index contributed by atoms with van der Waals surface area (Å²) in [6, 6.07) is 7.84. The number of carbonyl (C=O) groups is 1. The maximum absolute atomic E-state index is 12.7. The zero-order valence-electron chi connectivity index (χ0n) is 17.1. The number of amides is 1. The van der Waals surface area contributed by atoms with Crippen LogP contribution < -0.4 is 10.6 Å². The highest BCUT2D eigenvalue weighted by Crippen LogP contribution is 2.25. The second kappa shape index (κ2) is 10.2. The van der Waals surface area contributed by atoms with E-state index in [4.69, 9.17) is 4.74 Å². The summed E-state index contributed by atoms with van der Waals surface area (Å²) in [5.74, 6) is 2.17. The Morgan fingerprint density at radius 1 is 1.21 bits per heavy atom. The summed E-state index contributed by atoms with van der Waals surface area (Å²) in [7, 11) is 1.79. The smallest absolute Gasteiger partial charge is 0.254 e. The minimum absolute atomic E-state index is 0.0769. The van der Waals surface area contributed by atoms with E-state index in [-0.39, 0.29) is 18.1 Å². The van der Waals surface area contributed by atoms with Crippen molar-refractivity contribution < 1.29 is 9.53 Å². The fourth-order valence-corrected chi connectivity index (χ4v) is 4.91. The monoisotopic (exact) mass is 404 g/mol. The van der Waals surface area contributed by atoms with E-state index in [1.54, 1.807) is 7.05 Å². The van der Waals surface area contributed by atoms with E-state index in [9.17, 15) is 4.79 Å². The number of benzene rings is 1. The Morgan fingerprint density at radius 3 is 2.54 bits per heavy atom. The largest absolute Gasteiger partial charge is 0.372 e. The molecule has 1 aromatic rings. The predicted octanol–water partition coefficient (Wildman–Crippen LogP) is 2.50. The van der Waals surface area contributed by atoms with Crippen molar-refractivity contribution in [3.05, 3.63) is 35.4 Å². The highest BCUT2D eigenvalue weighted by atomic mass is 32.2. The molecule has 2 N–H and O–H groups in total. The lowest BCUT2D eigenvalue weighted by atomic mass is 10.1. The third-order valence-corrected chi connectivity index (χ3v) is 6.51. The van der Waals surface area contributed by atoms with E-state index < -0.39 is 0 Å².